The van der Waals surface area contributed by atoms with Crippen LogP contribution in [0.15, 0.2) is 54.6 Å². The number of nitrogens with zero attached hydrogens (tertiary/aromatic N) is 3. The predicted octanol–water partition coefficient (Wildman–Crippen LogP) is 3.39. The van der Waals surface area contributed by atoms with E-state index >= 15 is 0 Å². The molecule has 2 saturated heterocycles. The van der Waals surface area contributed by atoms with Crippen molar-refractivity contribution in [1.29, 1.82) is 0 Å². The van der Waals surface area contributed by atoms with E-state index in [-0.39, 0.29) is 17.9 Å². The van der Waals surface area contributed by atoms with Crippen LogP contribution in [0.25, 0.3) is 0 Å². The van der Waals surface area contributed by atoms with Crippen molar-refractivity contribution in [2.45, 2.75) is 38.0 Å². The van der Waals surface area contributed by atoms with Gasteiger partial charge in [-0.2, -0.15) is 13.2 Å². The summed E-state index contributed by atoms with van der Waals surface area (Å²) in [6.45, 7) is 6.04. The first-order valence-electron chi connectivity index (χ1n) is 13.2. The molecule has 0 spiro atoms. The molecule has 8 nitrogen and oxygen atoms in total. The highest BCUT2D eigenvalue weighted by Gasteiger charge is 2.38. The van der Waals surface area contributed by atoms with Gasteiger partial charge < -0.3 is 20.2 Å². The van der Waals surface area contributed by atoms with Gasteiger partial charge in [-0.15, -0.1) is 0 Å². The fraction of sp³-hybridized carbons (Fsp3) is 0.464. The van der Waals surface area contributed by atoms with Gasteiger partial charge in [0.25, 0.3) is 5.91 Å². The molecule has 2 aliphatic heterocycles. The molecule has 218 valence electrons. The maximum Gasteiger partial charge on any atom is 0.490 e. The number of carboxylic acids is 1. The topological polar surface area (TPSA) is 93.2 Å². The fourth-order valence-corrected chi connectivity index (χ4v) is 4.76. The second kappa shape index (κ2) is 14.8. The summed E-state index contributed by atoms with van der Waals surface area (Å²) in [6, 6.07) is 16.3. The molecule has 12 heteroatoms. The second-order valence-corrected chi connectivity index (χ2v) is 9.69. The third-order valence-electron chi connectivity index (χ3n) is 6.86. The number of piperazine rings is 1. The molecule has 0 aromatic heterocycles. The molecule has 2 N–H and O–H groups in total. The Kier molecular flexibility index (Phi) is 11.4. The molecular formula is C28H34F4N4O4. The number of benzene rings is 2. The molecular weight excluding hydrogens is 532 g/mol. The highest BCUT2D eigenvalue weighted by molar-refractivity contribution is 5.94. The first kappa shape index (κ1) is 31.0. The lowest BCUT2D eigenvalue weighted by atomic mass is 10.0. The van der Waals surface area contributed by atoms with Gasteiger partial charge in [-0.1, -0.05) is 36.4 Å². The summed E-state index contributed by atoms with van der Waals surface area (Å²) >= 11 is 0. The highest BCUT2D eigenvalue weighted by Crippen LogP contribution is 2.22. The number of aliphatic carboxylic acids is 1. The average molecular weight is 567 g/mol. The Bertz CT molecular complexity index is 1120. The first-order valence-corrected chi connectivity index (χ1v) is 13.2. The molecule has 0 aliphatic carbocycles. The van der Waals surface area contributed by atoms with Crippen molar-refractivity contribution in [2.24, 2.45) is 0 Å². The minimum Gasteiger partial charge on any atom is -0.475 e. The Hall–Kier alpha value is -3.51. The molecule has 2 aromatic rings. The van der Waals surface area contributed by atoms with Gasteiger partial charge in [-0.05, 0) is 36.6 Å². The van der Waals surface area contributed by atoms with E-state index < -0.39 is 18.0 Å². The van der Waals surface area contributed by atoms with Crippen molar-refractivity contribution < 1.29 is 37.1 Å². The Morgan fingerprint density at radius 1 is 0.950 bits per heavy atom. The number of piperidine rings is 1. The van der Waals surface area contributed by atoms with Gasteiger partial charge in [-0.3, -0.25) is 14.5 Å². The summed E-state index contributed by atoms with van der Waals surface area (Å²) in [6.07, 6.45) is -3.10. The first-order chi connectivity index (χ1) is 19.0. The summed E-state index contributed by atoms with van der Waals surface area (Å²) in [5, 5.41) is 10.4. The molecule has 2 fully saturated rings. The number of carbonyl (C=O) groups excluding carboxylic acids is 2. The maximum absolute atomic E-state index is 13.8. The molecule has 0 bridgehead atoms. The van der Waals surface area contributed by atoms with E-state index in [1.165, 1.54) is 17.7 Å². The standard InChI is InChI=1S/C26H33FN4O2.C2HF3O2/c27-23-8-4-7-22(19-23)26(33)31(16-11-25(32)30-17-12-28-13-18-30)24-9-14-29(15-10-24)20-21-5-2-1-3-6-21;3-2(4,5)1(6)7/h1-8,19,24,28H,9-18,20H2;(H,6,7). The minimum atomic E-state index is -5.08. The number of nitrogens with one attached hydrogen (secondary N) is 1. The van der Waals surface area contributed by atoms with E-state index in [1.807, 2.05) is 15.9 Å². The normalized spacial score (nSPS) is 16.6. The van der Waals surface area contributed by atoms with Crippen LogP contribution in [0.4, 0.5) is 17.6 Å². The molecule has 0 atom stereocenters. The third-order valence-corrected chi connectivity index (χ3v) is 6.86. The van der Waals surface area contributed by atoms with E-state index in [2.05, 4.69) is 34.5 Å². The zero-order chi connectivity index (χ0) is 29.1. The predicted molar refractivity (Wildman–Crippen MR) is 140 cm³/mol. The van der Waals surface area contributed by atoms with Crippen LogP contribution in [-0.2, 0) is 16.1 Å². The van der Waals surface area contributed by atoms with Crippen molar-refractivity contribution in [3.8, 4) is 0 Å². The zero-order valence-corrected chi connectivity index (χ0v) is 22.1. The fourth-order valence-electron chi connectivity index (χ4n) is 4.76. The number of likely N-dealkylation sites (tertiary alicyclic amines) is 1. The second-order valence-electron chi connectivity index (χ2n) is 9.69. The van der Waals surface area contributed by atoms with Gasteiger partial charge in [0.2, 0.25) is 5.91 Å². The SMILES string of the molecule is O=C(CCN(C(=O)c1cccc(F)c1)C1CCN(Cc2ccccc2)CC1)N1CCNCC1.O=C(O)C(F)(F)F. The van der Waals surface area contributed by atoms with Crippen LogP contribution in [0, 0.1) is 5.82 Å². The van der Waals surface area contributed by atoms with Crippen molar-refractivity contribution in [3.63, 3.8) is 0 Å². The summed E-state index contributed by atoms with van der Waals surface area (Å²) in [5.74, 6) is -3.29. The molecule has 0 saturated carbocycles. The Morgan fingerprint density at radius 3 is 2.15 bits per heavy atom. The Morgan fingerprint density at radius 2 is 1.57 bits per heavy atom. The van der Waals surface area contributed by atoms with E-state index in [9.17, 15) is 27.2 Å². The van der Waals surface area contributed by atoms with E-state index in [0.717, 1.165) is 45.6 Å². The number of halogens is 4. The number of hydrogen-bond donors (Lipinski definition) is 2. The van der Waals surface area contributed by atoms with Crippen LogP contribution in [0.2, 0.25) is 0 Å². The van der Waals surface area contributed by atoms with Crippen LogP contribution in [0.3, 0.4) is 0 Å². The number of alkyl halides is 3. The summed E-state index contributed by atoms with van der Waals surface area (Å²) in [5.41, 5.74) is 1.63. The number of carbonyl (C=O) groups is 3. The van der Waals surface area contributed by atoms with Gasteiger partial charge >= 0.3 is 12.1 Å². The van der Waals surface area contributed by atoms with Gasteiger partial charge in [0.05, 0.1) is 0 Å². The lowest BCUT2D eigenvalue weighted by Gasteiger charge is -2.39. The van der Waals surface area contributed by atoms with Crippen molar-refractivity contribution in [1.82, 2.24) is 20.0 Å². The highest BCUT2D eigenvalue weighted by atomic mass is 19.4. The van der Waals surface area contributed by atoms with E-state index in [1.54, 1.807) is 12.1 Å². The molecule has 2 aliphatic rings. The lowest BCUT2D eigenvalue weighted by molar-refractivity contribution is -0.192. The Labute approximate surface area is 230 Å². The van der Waals surface area contributed by atoms with E-state index in [0.29, 0.717) is 31.6 Å². The Balaban J connectivity index is 0.000000559. The minimum absolute atomic E-state index is 0.0450. The van der Waals surface area contributed by atoms with Crippen molar-refractivity contribution in [3.05, 3.63) is 71.5 Å². The molecule has 4 rings (SSSR count). The third kappa shape index (κ3) is 9.60. The molecule has 40 heavy (non-hydrogen) atoms. The molecule has 2 amide bonds. The van der Waals surface area contributed by atoms with Crippen molar-refractivity contribution >= 4 is 17.8 Å². The number of amides is 2. The van der Waals surface area contributed by atoms with Gasteiger partial charge in [0.1, 0.15) is 5.82 Å². The smallest absolute Gasteiger partial charge is 0.475 e. The van der Waals surface area contributed by atoms with Crippen LogP contribution < -0.4 is 5.32 Å². The van der Waals surface area contributed by atoms with Crippen LogP contribution >= 0.6 is 0 Å². The van der Waals surface area contributed by atoms with Gasteiger partial charge in [-0.25, -0.2) is 9.18 Å². The van der Waals surface area contributed by atoms with Crippen LogP contribution in [-0.4, -0.2) is 95.6 Å². The molecule has 0 radical (unpaired) electrons. The largest absolute Gasteiger partial charge is 0.490 e. The molecule has 2 heterocycles. The lowest BCUT2D eigenvalue weighted by Crippen LogP contribution is -2.50. The summed E-state index contributed by atoms with van der Waals surface area (Å²) in [7, 11) is 0. The summed E-state index contributed by atoms with van der Waals surface area (Å²) < 4.78 is 45.5. The number of carboxylic acid groups (broad SMARTS) is 1. The van der Waals surface area contributed by atoms with Crippen LogP contribution in [0.1, 0.15) is 35.2 Å². The van der Waals surface area contributed by atoms with Crippen molar-refractivity contribution in [2.75, 3.05) is 45.8 Å². The molecule has 2 aromatic carbocycles. The van der Waals surface area contributed by atoms with E-state index in [4.69, 9.17) is 9.90 Å². The summed E-state index contributed by atoms with van der Waals surface area (Å²) in [4.78, 5) is 41.1. The number of rotatable bonds is 7. The average Bonchev–Trinajstić information content (AvgIpc) is 2.94. The monoisotopic (exact) mass is 566 g/mol. The number of hydrogen-bond acceptors (Lipinski definition) is 5. The van der Waals surface area contributed by atoms with Gasteiger partial charge in [0.15, 0.2) is 0 Å². The van der Waals surface area contributed by atoms with Crippen LogP contribution in [0.5, 0.6) is 0 Å². The zero-order valence-electron chi connectivity index (χ0n) is 22.1. The molecule has 0 unspecified atom stereocenters. The quantitative estimate of drug-likeness (QED) is 0.500. The van der Waals surface area contributed by atoms with Gasteiger partial charge in [0, 0.05) is 70.4 Å². The maximum atomic E-state index is 13.8.